The van der Waals surface area contributed by atoms with Gasteiger partial charge in [0.25, 0.3) is 0 Å². The zero-order chi connectivity index (χ0) is 11.1. The van der Waals surface area contributed by atoms with Crippen LogP contribution >= 0.6 is 0 Å². The molecule has 0 aromatic carbocycles. The first kappa shape index (κ1) is 12.3. The second-order valence-electron chi connectivity index (χ2n) is 3.87. The van der Waals surface area contributed by atoms with Crippen LogP contribution < -0.4 is 0 Å². The van der Waals surface area contributed by atoms with Gasteiger partial charge < -0.3 is 14.5 Å². The minimum atomic E-state index is 0.687. The van der Waals surface area contributed by atoms with E-state index in [4.69, 9.17) is 4.74 Å². The average molecular weight is 210 g/mol. The predicted molar refractivity (Wildman–Crippen MR) is 63.8 cm³/mol. The lowest BCUT2D eigenvalue weighted by atomic mass is 10.2. The van der Waals surface area contributed by atoms with Crippen molar-refractivity contribution in [2.75, 3.05) is 46.9 Å². The Bertz CT molecular complexity index is 228. The maximum atomic E-state index is 5.08. The largest absolute Gasteiger partial charge is 0.381 e. The van der Waals surface area contributed by atoms with Crippen molar-refractivity contribution in [1.29, 1.82) is 0 Å². The first-order valence-electron chi connectivity index (χ1n) is 5.53. The van der Waals surface area contributed by atoms with Crippen LogP contribution in [-0.4, -0.2) is 56.7 Å². The lowest BCUT2D eigenvalue weighted by Crippen LogP contribution is -2.43. The van der Waals surface area contributed by atoms with E-state index in [0.717, 1.165) is 26.2 Å². The molecule has 0 aromatic rings. The van der Waals surface area contributed by atoms with Gasteiger partial charge in [-0.25, -0.2) is 0 Å². The fourth-order valence-electron chi connectivity index (χ4n) is 1.71. The van der Waals surface area contributed by atoms with Gasteiger partial charge in [0.05, 0.1) is 6.61 Å². The predicted octanol–water partition coefficient (Wildman–Crippen LogP) is 1.34. The maximum Gasteiger partial charge on any atom is 0.0666 e. The van der Waals surface area contributed by atoms with Crippen LogP contribution in [0.4, 0.5) is 0 Å². The van der Waals surface area contributed by atoms with E-state index >= 15 is 0 Å². The van der Waals surface area contributed by atoms with Crippen molar-refractivity contribution < 1.29 is 4.74 Å². The Morgan fingerprint density at radius 2 is 1.93 bits per heavy atom. The van der Waals surface area contributed by atoms with Crippen molar-refractivity contribution >= 4 is 0 Å². The summed E-state index contributed by atoms with van der Waals surface area (Å²) in [6.07, 6.45) is 6.38. The summed E-state index contributed by atoms with van der Waals surface area (Å²) in [4.78, 5) is 4.78. The summed E-state index contributed by atoms with van der Waals surface area (Å²) in [5.74, 6) is 0. The summed E-state index contributed by atoms with van der Waals surface area (Å²) < 4.78 is 5.08. The second kappa shape index (κ2) is 6.64. The zero-order valence-electron chi connectivity index (χ0n) is 10.1. The molecule has 1 rings (SSSR count). The van der Waals surface area contributed by atoms with Crippen LogP contribution in [0.15, 0.2) is 23.9 Å². The monoisotopic (exact) mass is 210 g/mol. The van der Waals surface area contributed by atoms with Gasteiger partial charge in [0.15, 0.2) is 0 Å². The van der Waals surface area contributed by atoms with Gasteiger partial charge in [-0.05, 0) is 26.1 Å². The molecule has 0 N–H and O–H groups in total. The summed E-state index contributed by atoms with van der Waals surface area (Å²) in [7, 11) is 3.90. The van der Waals surface area contributed by atoms with Crippen molar-refractivity contribution in [1.82, 2.24) is 9.80 Å². The van der Waals surface area contributed by atoms with Gasteiger partial charge >= 0.3 is 0 Å². The van der Waals surface area contributed by atoms with Crippen LogP contribution in [0.1, 0.15) is 6.92 Å². The molecule has 0 unspecified atom stereocenters. The Kier molecular flexibility index (Phi) is 5.43. The first-order valence-corrected chi connectivity index (χ1v) is 5.53. The standard InChI is InChI=1S/C12H22N2O/c1-4-5-12(6-11-15-3)14-9-7-13(2)8-10-14/h4-6H,7-11H2,1-3H3. The van der Waals surface area contributed by atoms with E-state index in [0.29, 0.717) is 6.61 Å². The lowest BCUT2D eigenvalue weighted by molar-refractivity contribution is 0.186. The number of methoxy groups -OCH3 is 1. The third-order valence-electron chi connectivity index (χ3n) is 2.66. The van der Waals surface area contributed by atoms with E-state index in [9.17, 15) is 0 Å². The molecule has 15 heavy (non-hydrogen) atoms. The summed E-state index contributed by atoms with van der Waals surface area (Å²) in [6.45, 7) is 7.24. The molecule has 1 aliphatic rings. The fraction of sp³-hybridized carbons (Fsp3) is 0.667. The number of rotatable bonds is 4. The highest BCUT2D eigenvalue weighted by Crippen LogP contribution is 2.10. The number of nitrogens with zero attached hydrogens (tertiary/aromatic N) is 2. The van der Waals surface area contributed by atoms with E-state index in [1.807, 2.05) is 0 Å². The van der Waals surface area contributed by atoms with Gasteiger partial charge in [-0.3, -0.25) is 0 Å². The zero-order valence-corrected chi connectivity index (χ0v) is 10.1. The van der Waals surface area contributed by atoms with Gasteiger partial charge in [-0.1, -0.05) is 6.08 Å². The highest BCUT2D eigenvalue weighted by atomic mass is 16.5. The van der Waals surface area contributed by atoms with Crippen molar-refractivity contribution in [3.8, 4) is 0 Å². The molecule has 0 bridgehead atoms. The highest BCUT2D eigenvalue weighted by Gasteiger charge is 2.14. The van der Waals surface area contributed by atoms with E-state index in [2.05, 4.69) is 42.0 Å². The third kappa shape index (κ3) is 4.06. The van der Waals surface area contributed by atoms with Crippen LogP contribution in [0, 0.1) is 0 Å². The molecule has 0 amide bonds. The van der Waals surface area contributed by atoms with E-state index in [-0.39, 0.29) is 0 Å². The van der Waals surface area contributed by atoms with Crippen molar-refractivity contribution in [2.24, 2.45) is 0 Å². The highest BCUT2D eigenvalue weighted by molar-refractivity contribution is 5.17. The summed E-state index contributed by atoms with van der Waals surface area (Å²) >= 11 is 0. The van der Waals surface area contributed by atoms with Gasteiger partial charge in [0, 0.05) is 39.0 Å². The van der Waals surface area contributed by atoms with Crippen LogP contribution in [-0.2, 0) is 4.74 Å². The minimum Gasteiger partial charge on any atom is -0.381 e. The SMILES string of the molecule is CC=CC(=CCOC)N1CCN(C)CC1. The molecule has 0 spiro atoms. The smallest absolute Gasteiger partial charge is 0.0666 e. The van der Waals surface area contributed by atoms with Crippen LogP contribution in [0.5, 0.6) is 0 Å². The summed E-state index contributed by atoms with van der Waals surface area (Å²) in [5.41, 5.74) is 1.28. The molecule has 3 heteroatoms. The topological polar surface area (TPSA) is 15.7 Å². The molecule has 0 atom stereocenters. The number of hydrogen-bond donors (Lipinski definition) is 0. The molecule has 1 saturated heterocycles. The molecular formula is C12H22N2O. The molecule has 1 aliphatic heterocycles. The Labute approximate surface area is 93.0 Å². The van der Waals surface area contributed by atoms with Crippen molar-refractivity contribution in [3.63, 3.8) is 0 Å². The molecular weight excluding hydrogens is 188 g/mol. The maximum absolute atomic E-state index is 5.08. The Morgan fingerprint density at radius 3 is 2.47 bits per heavy atom. The van der Waals surface area contributed by atoms with Crippen molar-refractivity contribution in [3.05, 3.63) is 23.9 Å². The quantitative estimate of drug-likeness (QED) is 0.651. The molecule has 0 aromatic heterocycles. The number of likely N-dealkylation sites (N-methyl/N-ethyl adjacent to an activating group) is 1. The van der Waals surface area contributed by atoms with E-state index in [1.165, 1.54) is 5.70 Å². The number of allylic oxidation sites excluding steroid dienone is 2. The molecule has 0 aliphatic carbocycles. The Balaban J connectivity index is 2.56. The molecule has 3 nitrogen and oxygen atoms in total. The van der Waals surface area contributed by atoms with E-state index < -0.39 is 0 Å². The first-order chi connectivity index (χ1) is 7.27. The van der Waals surface area contributed by atoms with E-state index in [1.54, 1.807) is 7.11 Å². The van der Waals surface area contributed by atoms with Gasteiger partial charge in [0.2, 0.25) is 0 Å². The molecule has 1 fully saturated rings. The van der Waals surface area contributed by atoms with Crippen molar-refractivity contribution in [2.45, 2.75) is 6.92 Å². The molecule has 0 saturated carbocycles. The van der Waals surface area contributed by atoms with Gasteiger partial charge in [-0.2, -0.15) is 0 Å². The Hall–Kier alpha value is -0.800. The number of piperazine rings is 1. The van der Waals surface area contributed by atoms with Crippen LogP contribution in [0.3, 0.4) is 0 Å². The summed E-state index contributed by atoms with van der Waals surface area (Å²) in [5, 5.41) is 0. The summed E-state index contributed by atoms with van der Waals surface area (Å²) in [6, 6.07) is 0. The molecule has 0 radical (unpaired) electrons. The molecule has 86 valence electrons. The fourth-order valence-corrected chi connectivity index (χ4v) is 1.71. The van der Waals surface area contributed by atoms with Crippen LogP contribution in [0.2, 0.25) is 0 Å². The number of hydrogen-bond acceptors (Lipinski definition) is 3. The lowest BCUT2D eigenvalue weighted by Gasteiger charge is -2.34. The van der Waals surface area contributed by atoms with Gasteiger partial charge in [-0.15, -0.1) is 0 Å². The average Bonchev–Trinajstić information content (AvgIpc) is 2.25. The number of ether oxygens (including phenoxy) is 1. The Morgan fingerprint density at radius 1 is 1.27 bits per heavy atom. The second-order valence-corrected chi connectivity index (χ2v) is 3.87. The van der Waals surface area contributed by atoms with Gasteiger partial charge in [0.1, 0.15) is 0 Å². The van der Waals surface area contributed by atoms with Crippen LogP contribution in [0.25, 0.3) is 0 Å². The normalized spacial score (nSPS) is 20.2. The minimum absolute atomic E-state index is 0.687. The third-order valence-corrected chi connectivity index (χ3v) is 2.66. The molecule has 1 heterocycles.